The highest BCUT2D eigenvalue weighted by Crippen LogP contribution is 2.20. The Labute approximate surface area is 51.3 Å². The van der Waals surface area contributed by atoms with Gasteiger partial charge in [-0.15, -0.1) is 6.58 Å². The Bertz CT molecular complexity index is 96.9. The number of nitrogens with two attached hydrogens (primary N) is 1. The second-order valence-corrected chi connectivity index (χ2v) is 1.72. The first kappa shape index (κ1) is 8.49. The van der Waals surface area contributed by atoms with E-state index in [1.54, 1.807) is 0 Å². The Morgan fingerprint density at radius 3 is 2.11 bits per heavy atom. The van der Waals surface area contributed by atoms with Gasteiger partial charge in [0.1, 0.15) is 0 Å². The molecule has 0 aliphatic rings. The van der Waals surface area contributed by atoms with E-state index in [2.05, 4.69) is 6.58 Å². The fraction of sp³-hybridized carbons (Fsp3) is 0.600. The Morgan fingerprint density at radius 1 is 1.56 bits per heavy atom. The number of hydrogen-bond donors (Lipinski definition) is 1. The molecule has 0 unspecified atom stereocenters. The van der Waals surface area contributed by atoms with E-state index in [1.165, 1.54) is 0 Å². The largest absolute Gasteiger partial charge is 0.390 e. The summed E-state index contributed by atoms with van der Waals surface area (Å²) in [5.74, 6) is 0. The van der Waals surface area contributed by atoms with E-state index < -0.39 is 18.6 Å². The highest BCUT2D eigenvalue weighted by atomic mass is 19.4. The van der Waals surface area contributed by atoms with Crippen LogP contribution in [0.25, 0.3) is 0 Å². The smallest absolute Gasteiger partial charge is 0.324 e. The van der Waals surface area contributed by atoms with Crippen LogP contribution in [0.5, 0.6) is 0 Å². The summed E-state index contributed by atoms with van der Waals surface area (Å²) in [5.41, 5.74) is 4.92. The van der Waals surface area contributed by atoms with Crippen LogP contribution in [0.15, 0.2) is 12.7 Å². The van der Waals surface area contributed by atoms with Crippen molar-refractivity contribution in [3.63, 3.8) is 0 Å². The summed E-state index contributed by atoms with van der Waals surface area (Å²) in [6.07, 6.45) is -4.09. The number of rotatable bonds is 2. The molecule has 0 spiro atoms. The average molecular weight is 139 g/mol. The lowest BCUT2D eigenvalue weighted by Crippen LogP contribution is -2.24. The number of hydrogen-bond acceptors (Lipinski definition) is 1. The minimum atomic E-state index is -4.17. The van der Waals surface area contributed by atoms with Crippen LogP contribution in [0, 0.1) is 0 Å². The topological polar surface area (TPSA) is 26.0 Å². The molecule has 0 rings (SSSR count). The van der Waals surface area contributed by atoms with Crippen LogP contribution in [0.4, 0.5) is 13.2 Å². The van der Waals surface area contributed by atoms with Gasteiger partial charge in [0.05, 0.1) is 6.42 Å². The highest BCUT2D eigenvalue weighted by molar-refractivity contribution is 4.83. The summed E-state index contributed by atoms with van der Waals surface area (Å²) >= 11 is 0. The maximum absolute atomic E-state index is 11.4. The maximum atomic E-state index is 11.4. The Kier molecular flexibility index (Phi) is 2.70. The van der Waals surface area contributed by atoms with Gasteiger partial charge in [0.2, 0.25) is 0 Å². The van der Waals surface area contributed by atoms with Gasteiger partial charge in [-0.25, -0.2) is 0 Å². The summed E-state index contributed by atoms with van der Waals surface area (Å²) in [4.78, 5) is 0. The molecule has 54 valence electrons. The van der Waals surface area contributed by atoms with Crippen LogP contribution in [-0.4, -0.2) is 12.2 Å². The van der Waals surface area contributed by atoms with Gasteiger partial charge in [0.25, 0.3) is 0 Å². The van der Waals surface area contributed by atoms with Gasteiger partial charge >= 0.3 is 6.18 Å². The van der Waals surface area contributed by atoms with Crippen molar-refractivity contribution in [2.45, 2.75) is 18.6 Å². The van der Waals surface area contributed by atoms with E-state index in [0.29, 0.717) is 0 Å². The van der Waals surface area contributed by atoms with Gasteiger partial charge in [0, 0.05) is 6.04 Å². The fourth-order valence-electron chi connectivity index (χ4n) is 0.351. The van der Waals surface area contributed by atoms with Crippen molar-refractivity contribution < 1.29 is 13.2 Å². The second-order valence-electron chi connectivity index (χ2n) is 1.72. The van der Waals surface area contributed by atoms with Crippen LogP contribution in [0.3, 0.4) is 0 Å². The van der Waals surface area contributed by atoms with E-state index in [0.717, 1.165) is 6.08 Å². The molecular weight excluding hydrogens is 131 g/mol. The van der Waals surface area contributed by atoms with Crippen molar-refractivity contribution in [1.29, 1.82) is 0 Å². The standard InChI is InChI=1S/C5H8F3N/c1-2-4(9)3-5(6,7)8/h2,4H,1,3,9H2/t4-/m1/s1. The first-order chi connectivity index (χ1) is 3.95. The molecule has 0 heterocycles. The van der Waals surface area contributed by atoms with Crippen LogP contribution in [-0.2, 0) is 0 Å². The zero-order valence-corrected chi connectivity index (χ0v) is 4.78. The van der Waals surface area contributed by atoms with E-state index in [-0.39, 0.29) is 0 Å². The van der Waals surface area contributed by atoms with Crippen molar-refractivity contribution in [3.05, 3.63) is 12.7 Å². The molecule has 0 saturated carbocycles. The third kappa shape index (κ3) is 5.36. The van der Waals surface area contributed by atoms with Crippen LogP contribution >= 0.6 is 0 Å². The van der Waals surface area contributed by atoms with Gasteiger partial charge in [-0.1, -0.05) is 6.08 Å². The lowest BCUT2D eigenvalue weighted by atomic mass is 10.2. The van der Waals surface area contributed by atoms with Crippen LogP contribution in [0.1, 0.15) is 6.42 Å². The highest BCUT2D eigenvalue weighted by Gasteiger charge is 2.28. The van der Waals surface area contributed by atoms with Crippen LogP contribution < -0.4 is 5.73 Å². The minimum Gasteiger partial charge on any atom is -0.324 e. The Morgan fingerprint density at radius 2 is 2.00 bits per heavy atom. The molecule has 0 bridgehead atoms. The van der Waals surface area contributed by atoms with Crippen molar-refractivity contribution in [1.82, 2.24) is 0 Å². The second kappa shape index (κ2) is 2.87. The lowest BCUT2D eigenvalue weighted by Gasteiger charge is -2.08. The molecule has 0 aromatic rings. The first-order valence-electron chi connectivity index (χ1n) is 2.40. The summed E-state index contributed by atoms with van der Waals surface area (Å²) in [7, 11) is 0. The molecule has 0 aromatic heterocycles. The molecule has 0 aromatic carbocycles. The third-order valence-corrected chi connectivity index (χ3v) is 0.770. The summed E-state index contributed by atoms with van der Waals surface area (Å²) in [5, 5.41) is 0. The zero-order chi connectivity index (χ0) is 7.49. The number of alkyl halides is 3. The monoisotopic (exact) mass is 139 g/mol. The van der Waals surface area contributed by atoms with E-state index >= 15 is 0 Å². The zero-order valence-electron chi connectivity index (χ0n) is 4.78. The van der Waals surface area contributed by atoms with Crippen LogP contribution in [0.2, 0.25) is 0 Å². The summed E-state index contributed by atoms with van der Waals surface area (Å²) in [6, 6.07) is -0.968. The summed E-state index contributed by atoms with van der Waals surface area (Å²) < 4.78 is 34.1. The number of halogens is 3. The van der Waals surface area contributed by atoms with Crippen molar-refractivity contribution in [3.8, 4) is 0 Å². The third-order valence-electron chi connectivity index (χ3n) is 0.770. The van der Waals surface area contributed by atoms with Gasteiger partial charge in [-0.05, 0) is 0 Å². The normalized spacial score (nSPS) is 15.1. The molecule has 9 heavy (non-hydrogen) atoms. The van der Waals surface area contributed by atoms with Crippen molar-refractivity contribution in [2.24, 2.45) is 5.73 Å². The summed E-state index contributed by atoms with van der Waals surface area (Å²) in [6.45, 7) is 3.12. The molecule has 4 heteroatoms. The van der Waals surface area contributed by atoms with Crippen molar-refractivity contribution >= 4 is 0 Å². The molecule has 0 amide bonds. The molecule has 2 N–H and O–H groups in total. The molecule has 1 nitrogen and oxygen atoms in total. The van der Waals surface area contributed by atoms with Gasteiger partial charge in [-0.3, -0.25) is 0 Å². The predicted molar refractivity (Wildman–Crippen MR) is 28.8 cm³/mol. The SMILES string of the molecule is C=C[C@@H](N)CC(F)(F)F. The van der Waals surface area contributed by atoms with E-state index in [4.69, 9.17) is 5.73 Å². The van der Waals surface area contributed by atoms with E-state index in [1.807, 2.05) is 0 Å². The van der Waals surface area contributed by atoms with E-state index in [9.17, 15) is 13.2 Å². The average Bonchev–Trinajstić information content (AvgIpc) is 1.62. The Balaban J connectivity index is 3.59. The molecule has 0 aliphatic heterocycles. The Hall–Kier alpha value is -0.510. The van der Waals surface area contributed by atoms with Gasteiger partial charge < -0.3 is 5.73 Å². The molecule has 0 aliphatic carbocycles. The molecule has 1 atom stereocenters. The predicted octanol–water partition coefficient (Wildman–Crippen LogP) is 1.45. The quantitative estimate of drug-likeness (QED) is 0.576. The molecule has 0 fully saturated rings. The molecule has 0 saturated heterocycles. The molecular formula is C5H8F3N. The van der Waals surface area contributed by atoms with Gasteiger partial charge in [0.15, 0.2) is 0 Å². The maximum Gasteiger partial charge on any atom is 0.390 e. The fourth-order valence-corrected chi connectivity index (χ4v) is 0.351. The minimum absolute atomic E-state index is 0.968. The molecule has 0 radical (unpaired) electrons. The van der Waals surface area contributed by atoms with Gasteiger partial charge in [-0.2, -0.15) is 13.2 Å². The lowest BCUT2D eigenvalue weighted by molar-refractivity contribution is -0.135. The van der Waals surface area contributed by atoms with Crippen molar-refractivity contribution in [2.75, 3.05) is 0 Å². The first-order valence-corrected chi connectivity index (χ1v) is 2.40.